The van der Waals surface area contributed by atoms with Gasteiger partial charge in [0.1, 0.15) is 18.2 Å². The van der Waals surface area contributed by atoms with Gasteiger partial charge in [0, 0.05) is 0 Å². The van der Waals surface area contributed by atoms with Gasteiger partial charge in [-0.15, -0.1) is 0 Å². The minimum Gasteiger partial charge on any atom is -0.493 e. The number of carbonyl (C=O) groups excluding carboxylic acids is 3. The van der Waals surface area contributed by atoms with Crippen LogP contribution in [0, 0.1) is 19.7 Å². The van der Waals surface area contributed by atoms with Gasteiger partial charge >= 0.3 is 5.97 Å². The Morgan fingerprint density at radius 3 is 2.46 bits per heavy atom. The van der Waals surface area contributed by atoms with Crippen molar-refractivity contribution < 1.29 is 33.0 Å². The average molecular weight is 522 g/mol. The third kappa shape index (κ3) is 6.18. The molecule has 0 aliphatic carbocycles. The number of hydrogen-bond acceptors (Lipinski definition) is 7. The molecule has 0 aromatic heterocycles. The molecule has 0 radical (unpaired) electrons. The molecule has 0 atom stereocenters. The Bertz CT molecular complexity index is 1390. The first kappa shape index (κ1) is 26.0. The molecule has 190 valence electrons. The van der Waals surface area contributed by atoms with Gasteiger partial charge in [0.25, 0.3) is 11.1 Å². The maximum Gasteiger partial charge on any atom is 0.343 e. The van der Waals surface area contributed by atoms with Crippen LogP contribution in [0.3, 0.4) is 0 Å². The second-order valence-electron chi connectivity index (χ2n) is 8.26. The van der Waals surface area contributed by atoms with Crippen LogP contribution in [0.1, 0.15) is 27.0 Å². The number of thioether (sulfide) groups is 1. The molecule has 0 N–H and O–H groups in total. The van der Waals surface area contributed by atoms with Gasteiger partial charge in [-0.25, -0.2) is 9.18 Å². The quantitative estimate of drug-likeness (QED) is 0.211. The minimum atomic E-state index is -0.671. The van der Waals surface area contributed by atoms with Crippen LogP contribution in [0.2, 0.25) is 0 Å². The van der Waals surface area contributed by atoms with Crippen molar-refractivity contribution in [2.45, 2.75) is 13.8 Å². The highest BCUT2D eigenvalue weighted by molar-refractivity contribution is 8.18. The molecule has 3 aromatic rings. The molecule has 0 bridgehead atoms. The number of aryl methyl sites for hydroxylation is 2. The SMILES string of the molecule is COc1cc(/C=C2\SC(=O)N(CCOc3cc(C)ccc3C)C2=O)ccc1OC(=O)c1ccc(F)cc1. The molecule has 37 heavy (non-hydrogen) atoms. The highest BCUT2D eigenvalue weighted by Gasteiger charge is 2.34. The summed E-state index contributed by atoms with van der Waals surface area (Å²) < 4.78 is 29.6. The topological polar surface area (TPSA) is 82.1 Å². The summed E-state index contributed by atoms with van der Waals surface area (Å²) in [5, 5.41) is -0.377. The molecular weight excluding hydrogens is 497 g/mol. The molecule has 0 spiro atoms. The Labute approximate surface area is 217 Å². The highest BCUT2D eigenvalue weighted by atomic mass is 32.2. The van der Waals surface area contributed by atoms with Crippen molar-refractivity contribution >= 4 is 35.0 Å². The van der Waals surface area contributed by atoms with Crippen molar-refractivity contribution in [2.75, 3.05) is 20.3 Å². The number of rotatable bonds is 8. The molecule has 3 aromatic carbocycles. The summed E-state index contributed by atoms with van der Waals surface area (Å²) in [7, 11) is 1.41. The van der Waals surface area contributed by atoms with Gasteiger partial charge < -0.3 is 14.2 Å². The number of nitrogens with zero attached hydrogens (tertiary/aromatic N) is 1. The van der Waals surface area contributed by atoms with Gasteiger partial charge in [-0.3, -0.25) is 14.5 Å². The van der Waals surface area contributed by atoms with Crippen LogP contribution < -0.4 is 14.2 Å². The van der Waals surface area contributed by atoms with Crippen LogP contribution in [0.5, 0.6) is 17.2 Å². The first-order valence-electron chi connectivity index (χ1n) is 11.4. The molecule has 1 aliphatic rings. The lowest BCUT2D eigenvalue weighted by atomic mass is 10.1. The van der Waals surface area contributed by atoms with E-state index in [-0.39, 0.29) is 40.4 Å². The summed E-state index contributed by atoms with van der Waals surface area (Å²) in [6, 6.07) is 15.6. The fourth-order valence-corrected chi connectivity index (χ4v) is 4.42. The molecule has 1 aliphatic heterocycles. The number of benzene rings is 3. The number of ether oxygens (including phenoxy) is 3. The van der Waals surface area contributed by atoms with Crippen molar-refractivity contribution in [2.24, 2.45) is 0 Å². The Morgan fingerprint density at radius 2 is 1.73 bits per heavy atom. The van der Waals surface area contributed by atoms with E-state index in [2.05, 4.69) is 0 Å². The van der Waals surface area contributed by atoms with E-state index in [1.807, 2.05) is 32.0 Å². The number of imide groups is 1. The van der Waals surface area contributed by atoms with Crippen LogP contribution in [0.25, 0.3) is 6.08 Å². The predicted octanol–water partition coefficient (Wildman–Crippen LogP) is 5.79. The Balaban J connectivity index is 1.42. The molecule has 1 fully saturated rings. The van der Waals surface area contributed by atoms with Crippen molar-refractivity contribution in [3.63, 3.8) is 0 Å². The zero-order chi connectivity index (χ0) is 26.5. The number of hydrogen-bond donors (Lipinski definition) is 0. The van der Waals surface area contributed by atoms with E-state index in [9.17, 15) is 18.8 Å². The van der Waals surface area contributed by atoms with Crippen molar-refractivity contribution in [3.05, 3.63) is 93.6 Å². The fourth-order valence-electron chi connectivity index (χ4n) is 3.56. The summed E-state index contributed by atoms with van der Waals surface area (Å²) in [5.74, 6) is -0.414. The van der Waals surface area contributed by atoms with E-state index in [1.165, 1.54) is 37.4 Å². The molecule has 9 heteroatoms. The molecule has 0 unspecified atom stereocenters. The maximum absolute atomic E-state index is 13.1. The van der Waals surface area contributed by atoms with Gasteiger partial charge in [-0.2, -0.15) is 0 Å². The van der Waals surface area contributed by atoms with Gasteiger partial charge in [-0.1, -0.05) is 18.2 Å². The highest BCUT2D eigenvalue weighted by Crippen LogP contribution is 2.35. The van der Waals surface area contributed by atoms with E-state index < -0.39 is 17.7 Å². The largest absolute Gasteiger partial charge is 0.493 e. The van der Waals surface area contributed by atoms with Gasteiger partial charge in [0.05, 0.1) is 24.1 Å². The second kappa shape index (κ2) is 11.3. The minimum absolute atomic E-state index is 0.122. The molecule has 2 amide bonds. The second-order valence-corrected chi connectivity index (χ2v) is 9.25. The van der Waals surface area contributed by atoms with Crippen LogP contribution in [0.15, 0.2) is 65.6 Å². The summed E-state index contributed by atoms with van der Waals surface area (Å²) in [6.45, 7) is 4.19. The van der Waals surface area contributed by atoms with Crippen LogP contribution in [-0.4, -0.2) is 42.3 Å². The normalized spacial score (nSPS) is 14.3. The third-order valence-electron chi connectivity index (χ3n) is 5.56. The van der Waals surface area contributed by atoms with Gasteiger partial charge in [0.15, 0.2) is 11.5 Å². The number of halogens is 1. The van der Waals surface area contributed by atoms with Crippen molar-refractivity contribution in [3.8, 4) is 17.2 Å². The number of esters is 1. The van der Waals surface area contributed by atoms with E-state index in [0.29, 0.717) is 5.56 Å². The number of carbonyl (C=O) groups is 3. The third-order valence-corrected chi connectivity index (χ3v) is 6.47. The fraction of sp³-hybridized carbons (Fsp3) is 0.179. The Kier molecular flexibility index (Phi) is 7.93. The van der Waals surface area contributed by atoms with Crippen LogP contribution >= 0.6 is 11.8 Å². The zero-order valence-corrected chi connectivity index (χ0v) is 21.3. The Hall–Kier alpha value is -4.11. The lowest BCUT2D eigenvalue weighted by Crippen LogP contribution is -2.32. The summed E-state index contributed by atoms with van der Waals surface area (Å²) in [5.41, 5.74) is 2.79. The van der Waals surface area contributed by atoms with Gasteiger partial charge in [-0.05, 0) is 90.8 Å². The van der Waals surface area contributed by atoms with Crippen LogP contribution in [0.4, 0.5) is 9.18 Å². The molecule has 1 saturated heterocycles. The van der Waals surface area contributed by atoms with E-state index in [1.54, 1.807) is 18.2 Å². The maximum atomic E-state index is 13.1. The first-order chi connectivity index (χ1) is 17.7. The van der Waals surface area contributed by atoms with Crippen LogP contribution in [-0.2, 0) is 4.79 Å². The van der Waals surface area contributed by atoms with Crippen molar-refractivity contribution in [1.82, 2.24) is 4.90 Å². The number of methoxy groups -OCH3 is 1. The zero-order valence-electron chi connectivity index (χ0n) is 20.4. The smallest absolute Gasteiger partial charge is 0.343 e. The first-order valence-corrected chi connectivity index (χ1v) is 12.2. The summed E-state index contributed by atoms with van der Waals surface area (Å²) in [6.07, 6.45) is 1.57. The lowest BCUT2D eigenvalue weighted by Gasteiger charge is -2.14. The van der Waals surface area contributed by atoms with Gasteiger partial charge in [0.2, 0.25) is 0 Å². The molecule has 1 heterocycles. The lowest BCUT2D eigenvalue weighted by molar-refractivity contribution is -0.123. The Morgan fingerprint density at radius 1 is 0.973 bits per heavy atom. The van der Waals surface area contributed by atoms with E-state index >= 15 is 0 Å². The van der Waals surface area contributed by atoms with E-state index in [4.69, 9.17) is 14.2 Å². The number of amides is 2. The monoisotopic (exact) mass is 521 g/mol. The summed E-state index contributed by atoms with van der Waals surface area (Å²) in [4.78, 5) is 39.1. The summed E-state index contributed by atoms with van der Waals surface area (Å²) >= 11 is 0.841. The van der Waals surface area contributed by atoms with Crippen molar-refractivity contribution in [1.29, 1.82) is 0 Å². The van der Waals surface area contributed by atoms with E-state index in [0.717, 1.165) is 33.5 Å². The molecule has 7 nitrogen and oxygen atoms in total. The predicted molar refractivity (Wildman–Crippen MR) is 138 cm³/mol. The molecule has 0 saturated carbocycles. The average Bonchev–Trinajstić information content (AvgIpc) is 3.14. The molecule has 4 rings (SSSR count). The standard InChI is InChI=1S/C28H24FNO6S/c1-17-4-5-18(2)23(14-17)35-13-12-30-26(31)25(37-28(30)33)16-19-6-11-22(24(15-19)34-3)36-27(32)20-7-9-21(29)10-8-20/h4-11,14-16H,12-13H2,1-3H3/b25-16-. The molecular formula is C28H24FNO6S.